The first-order chi connectivity index (χ1) is 11.7. The Kier molecular flexibility index (Phi) is 5.50. The normalized spacial score (nSPS) is 18.8. The van der Waals surface area contributed by atoms with Crippen molar-refractivity contribution in [3.05, 3.63) is 11.8 Å². The van der Waals surface area contributed by atoms with Crippen molar-refractivity contribution in [3.63, 3.8) is 0 Å². The Hall–Kier alpha value is -1.89. The number of anilines is 2. The Labute approximate surface area is 143 Å². The SMILES string of the molecule is COCC(=O)N1CCN(c2cc(C)nc(N3CCCCC3)n2)CC1. The minimum atomic E-state index is 0.0602. The lowest BCUT2D eigenvalue weighted by molar-refractivity contribution is -0.135. The van der Waals surface area contributed by atoms with Crippen molar-refractivity contribution in [1.29, 1.82) is 0 Å². The Bertz CT molecular complexity index is 566. The number of methoxy groups -OCH3 is 1. The molecule has 2 saturated heterocycles. The molecule has 0 aliphatic carbocycles. The lowest BCUT2D eigenvalue weighted by atomic mass is 10.1. The third-order valence-electron chi connectivity index (χ3n) is 4.69. The van der Waals surface area contributed by atoms with E-state index in [1.54, 1.807) is 7.11 Å². The largest absolute Gasteiger partial charge is 0.375 e. The van der Waals surface area contributed by atoms with Gasteiger partial charge >= 0.3 is 0 Å². The fourth-order valence-corrected chi connectivity index (χ4v) is 3.33. The summed E-state index contributed by atoms with van der Waals surface area (Å²) < 4.78 is 4.94. The van der Waals surface area contributed by atoms with E-state index in [-0.39, 0.29) is 12.5 Å². The average molecular weight is 333 g/mol. The molecule has 7 nitrogen and oxygen atoms in total. The van der Waals surface area contributed by atoms with Gasteiger partial charge in [0, 0.05) is 58.1 Å². The molecule has 0 N–H and O–H groups in total. The van der Waals surface area contributed by atoms with E-state index in [1.165, 1.54) is 19.3 Å². The van der Waals surface area contributed by atoms with Crippen LogP contribution in [0.15, 0.2) is 6.07 Å². The molecule has 0 unspecified atom stereocenters. The fraction of sp³-hybridized carbons (Fsp3) is 0.706. The second kappa shape index (κ2) is 7.79. The van der Waals surface area contributed by atoms with E-state index in [0.29, 0.717) is 13.1 Å². The van der Waals surface area contributed by atoms with Crippen LogP contribution in [0.3, 0.4) is 0 Å². The van der Waals surface area contributed by atoms with Gasteiger partial charge in [-0.2, -0.15) is 4.98 Å². The second-order valence-electron chi connectivity index (χ2n) is 6.52. The van der Waals surface area contributed by atoms with Crippen LogP contribution < -0.4 is 9.80 Å². The van der Waals surface area contributed by atoms with Crippen LogP contribution in [0.1, 0.15) is 25.0 Å². The predicted octanol–water partition coefficient (Wildman–Crippen LogP) is 1.07. The molecule has 3 rings (SSSR count). The van der Waals surface area contributed by atoms with E-state index in [9.17, 15) is 4.79 Å². The summed E-state index contributed by atoms with van der Waals surface area (Å²) in [6.07, 6.45) is 3.73. The highest BCUT2D eigenvalue weighted by Crippen LogP contribution is 2.21. The van der Waals surface area contributed by atoms with Gasteiger partial charge in [-0.05, 0) is 26.2 Å². The van der Waals surface area contributed by atoms with E-state index >= 15 is 0 Å². The molecule has 0 saturated carbocycles. The second-order valence-corrected chi connectivity index (χ2v) is 6.52. The van der Waals surface area contributed by atoms with E-state index in [1.807, 2.05) is 17.9 Å². The number of amides is 1. The Morgan fingerprint density at radius 1 is 1.04 bits per heavy atom. The maximum absolute atomic E-state index is 11.9. The number of piperazine rings is 1. The van der Waals surface area contributed by atoms with Crippen LogP contribution in [-0.2, 0) is 9.53 Å². The van der Waals surface area contributed by atoms with Gasteiger partial charge in [0.1, 0.15) is 12.4 Å². The van der Waals surface area contributed by atoms with Crippen molar-refractivity contribution in [2.75, 3.05) is 62.8 Å². The summed E-state index contributed by atoms with van der Waals surface area (Å²) in [6, 6.07) is 2.04. The molecule has 7 heteroatoms. The van der Waals surface area contributed by atoms with Gasteiger partial charge in [0.25, 0.3) is 0 Å². The highest BCUT2D eigenvalue weighted by molar-refractivity contribution is 5.77. The number of hydrogen-bond donors (Lipinski definition) is 0. The topological polar surface area (TPSA) is 61.8 Å². The number of carbonyl (C=O) groups excluding carboxylic acids is 1. The summed E-state index contributed by atoms with van der Waals surface area (Å²) in [6.45, 7) is 7.29. The van der Waals surface area contributed by atoms with Gasteiger partial charge in [0.15, 0.2) is 0 Å². The Morgan fingerprint density at radius 3 is 2.42 bits per heavy atom. The maximum atomic E-state index is 11.9. The van der Waals surface area contributed by atoms with E-state index < -0.39 is 0 Å². The zero-order chi connectivity index (χ0) is 16.9. The van der Waals surface area contributed by atoms with Crippen LogP contribution in [0.25, 0.3) is 0 Å². The van der Waals surface area contributed by atoms with Gasteiger partial charge in [-0.25, -0.2) is 4.98 Å². The molecule has 2 fully saturated rings. The number of aromatic nitrogens is 2. The lowest BCUT2D eigenvalue weighted by Gasteiger charge is -2.36. The minimum Gasteiger partial charge on any atom is -0.375 e. The third-order valence-corrected chi connectivity index (χ3v) is 4.69. The molecule has 1 aromatic heterocycles. The number of rotatable bonds is 4. The van der Waals surface area contributed by atoms with Crippen molar-refractivity contribution in [2.24, 2.45) is 0 Å². The first-order valence-electron chi connectivity index (χ1n) is 8.79. The number of carbonyl (C=O) groups is 1. The Balaban J connectivity index is 1.67. The van der Waals surface area contributed by atoms with Gasteiger partial charge in [-0.1, -0.05) is 0 Å². The van der Waals surface area contributed by atoms with E-state index in [0.717, 1.165) is 43.6 Å². The average Bonchev–Trinajstić information content (AvgIpc) is 2.62. The van der Waals surface area contributed by atoms with Gasteiger partial charge in [-0.3, -0.25) is 4.79 Å². The highest BCUT2D eigenvalue weighted by atomic mass is 16.5. The van der Waals surface area contributed by atoms with Crippen LogP contribution in [0.5, 0.6) is 0 Å². The van der Waals surface area contributed by atoms with Gasteiger partial charge in [0.2, 0.25) is 11.9 Å². The van der Waals surface area contributed by atoms with E-state index in [2.05, 4.69) is 14.8 Å². The molecule has 0 bridgehead atoms. The molecule has 0 spiro atoms. The molecule has 3 heterocycles. The van der Waals surface area contributed by atoms with Crippen LogP contribution in [0.4, 0.5) is 11.8 Å². The van der Waals surface area contributed by atoms with Crippen molar-refractivity contribution in [3.8, 4) is 0 Å². The standard InChI is InChI=1S/C17H27N5O2/c1-14-12-15(19-17(18-14)22-6-4-3-5-7-22)20-8-10-21(11-9-20)16(23)13-24-2/h12H,3-11,13H2,1-2H3. The molecule has 2 aliphatic rings. The molecule has 1 aromatic rings. The summed E-state index contributed by atoms with van der Waals surface area (Å²) in [4.78, 5) is 27.7. The maximum Gasteiger partial charge on any atom is 0.248 e. The Morgan fingerprint density at radius 2 is 1.75 bits per heavy atom. The van der Waals surface area contributed by atoms with Gasteiger partial charge in [-0.15, -0.1) is 0 Å². The zero-order valence-electron chi connectivity index (χ0n) is 14.7. The van der Waals surface area contributed by atoms with Gasteiger partial charge < -0.3 is 19.4 Å². The van der Waals surface area contributed by atoms with Crippen molar-refractivity contribution in [1.82, 2.24) is 14.9 Å². The van der Waals surface area contributed by atoms with Crippen molar-refractivity contribution >= 4 is 17.7 Å². The number of piperidine rings is 1. The number of aryl methyl sites for hydroxylation is 1. The van der Waals surface area contributed by atoms with Crippen LogP contribution in [0, 0.1) is 6.92 Å². The van der Waals surface area contributed by atoms with Crippen LogP contribution in [0.2, 0.25) is 0 Å². The molecule has 132 valence electrons. The number of ether oxygens (including phenoxy) is 1. The molecule has 1 amide bonds. The van der Waals surface area contributed by atoms with Crippen molar-refractivity contribution < 1.29 is 9.53 Å². The smallest absolute Gasteiger partial charge is 0.248 e. The molecular weight excluding hydrogens is 306 g/mol. The monoisotopic (exact) mass is 333 g/mol. The van der Waals surface area contributed by atoms with Crippen LogP contribution in [-0.4, -0.2) is 73.8 Å². The zero-order valence-corrected chi connectivity index (χ0v) is 14.7. The predicted molar refractivity (Wildman–Crippen MR) is 93.5 cm³/mol. The summed E-state index contributed by atoms with van der Waals surface area (Å²) in [5, 5.41) is 0. The molecule has 0 aromatic carbocycles. The summed E-state index contributed by atoms with van der Waals surface area (Å²) in [7, 11) is 1.56. The first-order valence-corrected chi connectivity index (χ1v) is 8.79. The molecule has 2 aliphatic heterocycles. The lowest BCUT2D eigenvalue weighted by Crippen LogP contribution is -2.50. The number of hydrogen-bond acceptors (Lipinski definition) is 6. The minimum absolute atomic E-state index is 0.0602. The van der Waals surface area contributed by atoms with Crippen molar-refractivity contribution in [2.45, 2.75) is 26.2 Å². The molecule has 0 atom stereocenters. The summed E-state index contributed by atoms with van der Waals surface area (Å²) >= 11 is 0. The number of nitrogens with zero attached hydrogens (tertiary/aromatic N) is 5. The quantitative estimate of drug-likeness (QED) is 0.821. The molecular formula is C17H27N5O2. The first kappa shape index (κ1) is 17.0. The highest BCUT2D eigenvalue weighted by Gasteiger charge is 2.23. The summed E-state index contributed by atoms with van der Waals surface area (Å²) in [5.74, 6) is 1.88. The van der Waals surface area contributed by atoms with Crippen LogP contribution >= 0.6 is 0 Å². The third kappa shape index (κ3) is 3.95. The fourth-order valence-electron chi connectivity index (χ4n) is 3.33. The van der Waals surface area contributed by atoms with Gasteiger partial charge in [0.05, 0.1) is 0 Å². The summed E-state index contributed by atoms with van der Waals surface area (Å²) in [5.41, 5.74) is 0.999. The molecule has 24 heavy (non-hydrogen) atoms. The molecule has 0 radical (unpaired) electrons. The van der Waals surface area contributed by atoms with E-state index in [4.69, 9.17) is 9.72 Å².